The fourth-order valence-electron chi connectivity index (χ4n) is 3.82. The summed E-state index contributed by atoms with van der Waals surface area (Å²) in [5.41, 5.74) is 1.86. The molecule has 7 nitrogen and oxygen atoms in total. The number of sulfonamides is 1. The smallest absolute Gasteiger partial charge is 0.268 e. The van der Waals surface area contributed by atoms with Crippen molar-refractivity contribution in [3.8, 4) is 0 Å². The summed E-state index contributed by atoms with van der Waals surface area (Å²) in [6.07, 6.45) is 4.55. The second-order valence-electron chi connectivity index (χ2n) is 7.85. The Bertz CT molecular complexity index is 1240. The minimum Gasteiger partial charge on any atom is -0.364 e. The number of nitrogens with one attached hydrogen (secondary N) is 1. The minimum atomic E-state index is -3.79. The first-order valence-corrected chi connectivity index (χ1v) is 11.5. The predicted octanol–water partition coefficient (Wildman–Crippen LogP) is 3.42. The molecule has 0 aliphatic carbocycles. The maximum absolute atomic E-state index is 13.7. The topological polar surface area (TPSA) is 83.8 Å². The molecule has 1 fully saturated rings. The third-order valence-electron chi connectivity index (χ3n) is 5.46. The van der Waals surface area contributed by atoms with Crippen LogP contribution >= 0.6 is 0 Å². The van der Waals surface area contributed by atoms with E-state index < -0.39 is 32.8 Å². The van der Waals surface area contributed by atoms with Gasteiger partial charge in [0.05, 0.1) is 28.6 Å². The fourth-order valence-corrected chi connectivity index (χ4v) is 4.42. The van der Waals surface area contributed by atoms with Gasteiger partial charge in [0.25, 0.3) is 5.91 Å². The zero-order valence-corrected chi connectivity index (χ0v) is 17.9. The van der Waals surface area contributed by atoms with E-state index in [0.717, 1.165) is 24.6 Å². The molecule has 3 heterocycles. The van der Waals surface area contributed by atoms with Crippen LogP contribution in [0, 0.1) is 11.6 Å². The van der Waals surface area contributed by atoms with Crippen LogP contribution in [-0.2, 0) is 10.0 Å². The molecule has 3 aromatic rings. The highest BCUT2D eigenvalue weighted by molar-refractivity contribution is 7.90. The number of halogens is 2. The van der Waals surface area contributed by atoms with Crippen LogP contribution in [0.4, 0.5) is 14.5 Å². The van der Waals surface area contributed by atoms with Crippen LogP contribution < -0.4 is 9.62 Å². The summed E-state index contributed by atoms with van der Waals surface area (Å²) in [5.74, 6) is -2.01. The molecule has 0 bridgehead atoms. The molecule has 10 heteroatoms. The average Bonchev–Trinajstić information content (AvgIpc) is 3.33. The lowest BCUT2D eigenvalue weighted by Gasteiger charge is -2.27. The van der Waals surface area contributed by atoms with Crippen molar-refractivity contribution in [2.75, 3.05) is 11.4 Å². The number of anilines is 1. The summed E-state index contributed by atoms with van der Waals surface area (Å²) < 4.78 is 55.2. The van der Waals surface area contributed by atoms with Crippen LogP contribution in [0.1, 0.15) is 48.7 Å². The number of pyridine rings is 1. The van der Waals surface area contributed by atoms with Gasteiger partial charge in [-0.1, -0.05) is 0 Å². The first-order chi connectivity index (χ1) is 14.7. The zero-order valence-electron chi connectivity index (χ0n) is 17.0. The van der Waals surface area contributed by atoms with E-state index in [1.807, 2.05) is 4.90 Å². The normalized spacial score (nSPS) is 16.9. The molecule has 164 valence electrons. The van der Waals surface area contributed by atoms with Gasteiger partial charge in [-0.3, -0.25) is 4.79 Å². The van der Waals surface area contributed by atoms with Crippen molar-refractivity contribution in [1.82, 2.24) is 14.3 Å². The molecule has 1 aliphatic heterocycles. The number of carbonyl (C=O) groups excluding carboxylic acids is 1. The Labute approximate surface area is 178 Å². The van der Waals surface area contributed by atoms with E-state index in [1.165, 1.54) is 36.7 Å². The molecule has 1 atom stereocenters. The maximum Gasteiger partial charge on any atom is 0.268 e. The first kappa shape index (κ1) is 21.2. The number of hydrogen-bond acceptors (Lipinski definition) is 5. The van der Waals surface area contributed by atoms with Gasteiger partial charge in [0.1, 0.15) is 11.6 Å². The van der Waals surface area contributed by atoms with E-state index in [2.05, 4.69) is 9.82 Å². The highest BCUT2D eigenvalue weighted by atomic mass is 32.2. The minimum absolute atomic E-state index is 0.124. The van der Waals surface area contributed by atoms with Crippen molar-refractivity contribution >= 4 is 27.1 Å². The van der Waals surface area contributed by atoms with Gasteiger partial charge in [0, 0.05) is 24.5 Å². The number of fused-ring (bicyclic) bond motifs is 1. The molecule has 0 saturated carbocycles. The van der Waals surface area contributed by atoms with Crippen molar-refractivity contribution in [3.05, 3.63) is 65.5 Å². The molecule has 1 aromatic carbocycles. The molecular formula is C21H22F2N4O3S. The van der Waals surface area contributed by atoms with Crippen LogP contribution in [0.15, 0.2) is 42.7 Å². The van der Waals surface area contributed by atoms with Crippen molar-refractivity contribution in [2.45, 2.75) is 38.0 Å². The highest BCUT2D eigenvalue weighted by Crippen LogP contribution is 2.37. The van der Waals surface area contributed by atoms with Crippen LogP contribution in [0.5, 0.6) is 0 Å². The molecule has 0 radical (unpaired) electrons. The number of carbonyl (C=O) groups is 1. The van der Waals surface area contributed by atoms with Gasteiger partial charge >= 0.3 is 0 Å². The molecule has 1 saturated heterocycles. The van der Waals surface area contributed by atoms with Crippen molar-refractivity contribution in [1.29, 1.82) is 0 Å². The van der Waals surface area contributed by atoms with Gasteiger partial charge in [-0.05, 0) is 56.5 Å². The van der Waals surface area contributed by atoms with Crippen molar-refractivity contribution in [2.24, 2.45) is 0 Å². The molecule has 4 rings (SSSR count). The molecule has 1 N–H and O–H groups in total. The number of amides is 1. The highest BCUT2D eigenvalue weighted by Gasteiger charge is 2.28. The molecule has 31 heavy (non-hydrogen) atoms. The lowest BCUT2D eigenvalue weighted by Crippen LogP contribution is -2.35. The second kappa shape index (κ2) is 7.92. The Morgan fingerprint density at radius 3 is 2.58 bits per heavy atom. The second-order valence-corrected chi connectivity index (χ2v) is 10.1. The van der Waals surface area contributed by atoms with E-state index in [0.29, 0.717) is 17.6 Å². The summed E-state index contributed by atoms with van der Waals surface area (Å²) >= 11 is 0. The first-order valence-electron chi connectivity index (χ1n) is 9.91. The van der Waals surface area contributed by atoms with E-state index in [-0.39, 0.29) is 11.6 Å². The summed E-state index contributed by atoms with van der Waals surface area (Å²) in [7, 11) is -3.79. The standard InChI is InChI=1S/C21H22F2N4O3S/c1-13(2)31(29,30)25-21(28)18-12-24-27-7-5-17(11-20(18)27)26-6-3-4-19(26)14-8-15(22)10-16(23)9-14/h5,7-13,19H,3-4,6H2,1-2H3,(H,25,28). The third kappa shape index (κ3) is 4.12. The van der Waals surface area contributed by atoms with E-state index >= 15 is 0 Å². The predicted molar refractivity (Wildman–Crippen MR) is 112 cm³/mol. The van der Waals surface area contributed by atoms with Gasteiger partial charge in [-0.2, -0.15) is 5.10 Å². The number of hydrogen-bond donors (Lipinski definition) is 1. The average molecular weight is 448 g/mol. The SMILES string of the molecule is CC(C)S(=O)(=O)NC(=O)c1cnn2ccc(N3CCCC3c3cc(F)cc(F)c3)cc12. The molecule has 1 aliphatic rings. The number of nitrogens with zero attached hydrogens (tertiary/aromatic N) is 3. The van der Waals surface area contributed by atoms with Gasteiger partial charge in [-0.25, -0.2) is 26.4 Å². The van der Waals surface area contributed by atoms with E-state index in [4.69, 9.17) is 0 Å². The van der Waals surface area contributed by atoms with Gasteiger partial charge in [0.2, 0.25) is 10.0 Å². The van der Waals surface area contributed by atoms with Gasteiger partial charge in [0.15, 0.2) is 0 Å². The van der Waals surface area contributed by atoms with Crippen LogP contribution in [0.25, 0.3) is 5.52 Å². The molecule has 1 amide bonds. The Kier molecular flexibility index (Phi) is 5.42. The van der Waals surface area contributed by atoms with E-state index in [1.54, 1.807) is 18.3 Å². The summed E-state index contributed by atoms with van der Waals surface area (Å²) in [6.45, 7) is 3.63. The summed E-state index contributed by atoms with van der Waals surface area (Å²) in [4.78, 5) is 14.6. The summed E-state index contributed by atoms with van der Waals surface area (Å²) in [5, 5.41) is 3.37. The van der Waals surface area contributed by atoms with Gasteiger partial charge in [-0.15, -0.1) is 0 Å². The molecule has 2 aromatic heterocycles. The summed E-state index contributed by atoms with van der Waals surface area (Å²) in [6, 6.07) is 6.84. The van der Waals surface area contributed by atoms with Crippen molar-refractivity contribution in [3.63, 3.8) is 0 Å². The monoisotopic (exact) mass is 448 g/mol. The van der Waals surface area contributed by atoms with Crippen LogP contribution in [-0.4, -0.2) is 35.7 Å². The molecular weight excluding hydrogens is 426 g/mol. The lowest BCUT2D eigenvalue weighted by molar-refractivity contribution is 0.0982. The number of aromatic nitrogens is 2. The van der Waals surface area contributed by atoms with Crippen LogP contribution in [0.3, 0.4) is 0 Å². The Morgan fingerprint density at radius 2 is 1.90 bits per heavy atom. The Balaban J connectivity index is 1.69. The maximum atomic E-state index is 13.7. The molecule has 1 unspecified atom stereocenters. The van der Waals surface area contributed by atoms with Gasteiger partial charge < -0.3 is 4.90 Å². The molecule has 0 spiro atoms. The quantitative estimate of drug-likeness (QED) is 0.647. The largest absolute Gasteiger partial charge is 0.364 e. The Morgan fingerprint density at radius 1 is 1.19 bits per heavy atom. The Hall–Kier alpha value is -3.01. The van der Waals surface area contributed by atoms with Crippen molar-refractivity contribution < 1.29 is 22.0 Å². The number of rotatable bonds is 5. The van der Waals surface area contributed by atoms with E-state index in [9.17, 15) is 22.0 Å². The lowest BCUT2D eigenvalue weighted by atomic mass is 10.0. The number of benzene rings is 1. The fraction of sp³-hybridized carbons (Fsp3) is 0.333. The zero-order chi connectivity index (χ0) is 22.3. The van der Waals surface area contributed by atoms with Crippen LogP contribution in [0.2, 0.25) is 0 Å². The third-order valence-corrected chi connectivity index (χ3v) is 7.17.